The second-order valence-electron chi connectivity index (χ2n) is 7.20. The molecule has 3 rings (SSSR count). The Labute approximate surface area is 162 Å². The molecule has 0 fully saturated rings. The Kier molecular flexibility index (Phi) is 6.59. The standard InChI is InChI=1S/C26H27F/c1-3-7-22-15-17-25(26(27)19-22)16-14-21-10-12-23(13-11-21)18-20(2)24-8-5-4-6-9-24/h4-6,8-17,19-20H,3,7,18H2,1-2H3/t20-/m1/s1. The summed E-state index contributed by atoms with van der Waals surface area (Å²) >= 11 is 0. The Balaban J connectivity index is 1.64. The van der Waals surface area contributed by atoms with Gasteiger partial charge in [-0.1, -0.05) is 99.2 Å². The topological polar surface area (TPSA) is 0 Å². The molecule has 0 bridgehead atoms. The van der Waals surface area contributed by atoms with Crippen molar-refractivity contribution in [3.8, 4) is 0 Å². The maximum absolute atomic E-state index is 14.2. The van der Waals surface area contributed by atoms with E-state index >= 15 is 0 Å². The SMILES string of the molecule is CCCc1ccc(C=Cc2ccc(C[C@@H](C)c3ccccc3)cc2)c(F)c1. The van der Waals surface area contributed by atoms with Crippen molar-refractivity contribution in [1.82, 2.24) is 0 Å². The summed E-state index contributed by atoms with van der Waals surface area (Å²) in [5, 5.41) is 0. The van der Waals surface area contributed by atoms with Crippen LogP contribution in [0.2, 0.25) is 0 Å². The van der Waals surface area contributed by atoms with E-state index in [4.69, 9.17) is 0 Å². The highest BCUT2D eigenvalue weighted by atomic mass is 19.1. The normalized spacial score (nSPS) is 12.4. The molecule has 1 atom stereocenters. The van der Waals surface area contributed by atoms with Gasteiger partial charge in [0.1, 0.15) is 5.82 Å². The van der Waals surface area contributed by atoms with Crippen LogP contribution in [-0.4, -0.2) is 0 Å². The van der Waals surface area contributed by atoms with Crippen LogP contribution >= 0.6 is 0 Å². The first kappa shape index (κ1) is 19.1. The van der Waals surface area contributed by atoms with Crippen molar-refractivity contribution >= 4 is 12.2 Å². The number of hydrogen-bond acceptors (Lipinski definition) is 0. The molecule has 3 aromatic rings. The highest BCUT2D eigenvalue weighted by Gasteiger charge is 2.06. The van der Waals surface area contributed by atoms with Gasteiger partial charge in [0.15, 0.2) is 0 Å². The van der Waals surface area contributed by atoms with Crippen LogP contribution in [0.3, 0.4) is 0 Å². The van der Waals surface area contributed by atoms with Crippen LogP contribution in [-0.2, 0) is 12.8 Å². The average molecular weight is 358 g/mol. The summed E-state index contributed by atoms with van der Waals surface area (Å²) in [6.45, 7) is 4.37. The Morgan fingerprint density at radius 2 is 1.56 bits per heavy atom. The molecule has 0 amide bonds. The molecule has 27 heavy (non-hydrogen) atoms. The van der Waals surface area contributed by atoms with Crippen molar-refractivity contribution in [3.63, 3.8) is 0 Å². The summed E-state index contributed by atoms with van der Waals surface area (Å²) in [5.74, 6) is 0.342. The smallest absolute Gasteiger partial charge is 0.130 e. The minimum atomic E-state index is -0.148. The van der Waals surface area contributed by atoms with Gasteiger partial charge < -0.3 is 0 Å². The highest BCUT2D eigenvalue weighted by molar-refractivity contribution is 5.70. The zero-order valence-corrected chi connectivity index (χ0v) is 16.2. The van der Waals surface area contributed by atoms with Crippen LogP contribution in [0.5, 0.6) is 0 Å². The molecule has 0 aromatic heterocycles. The summed E-state index contributed by atoms with van der Waals surface area (Å²) in [5.41, 5.74) is 5.46. The minimum absolute atomic E-state index is 0.148. The van der Waals surface area contributed by atoms with Crippen molar-refractivity contribution in [3.05, 3.63) is 106 Å². The minimum Gasteiger partial charge on any atom is -0.206 e. The number of aryl methyl sites for hydroxylation is 1. The molecule has 0 nitrogen and oxygen atoms in total. The molecule has 0 saturated carbocycles. The summed E-state index contributed by atoms with van der Waals surface area (Å²) in [6.07, 6.45) is 6.80. The van der Waals surface area contributed by atoms with Crippen LogP contribution in [0, 0.1) is 5.82 Å². The predicted molar refractivity (Wildman–Crippen MR) is 114 cm³/mol. The second kappa shape index (κ2) is 9.32. The molecule has 0 N–H and O–H groups in total. The maximum atomic E-state index is 14.2. The zero-order chi connectivity index (χ0) is 19.1. The molecule has 0 spiro atoms. The van der Waals surface area contributed by atoms with E-state index in [9.17, 15) is 4.39 Å². The van der Waals surface area contributed by atoms with Gasteiger partial charge >= 0.3 is 0 Å². The van der Waals surface area contributed by atoms with E-state index in [-0.39, 0.29) is 5.82 Å². The highest BCUT2D eigenvalue weighted by Crippen LogP contribution is 2.21. The van der Waals surface area contributed by atoms with E-state index in [1.54, 1.807) is 6.07 Å². The Morgan fingerprint density at radius 3 is 2.22 bits per heavy atom. The lowest BCUT2D eigenvalue weighted by Gasteiger charge is -2.12. The van der Waals surface area contributed by atoms with Gasteiger partial charge in [-0.2, -0.15) is 0 Å². The van der Waals surface area contributed by atoms with Crippen molar-refractivity contribution in [2.45, 2.75) is 39.0 Å². The van der Waals surface area contributed by atoms with Gasteiger partial charge in [0.2, 0.25) is 0 Å². The average Bonchev–Trinajstić information content (AvgIpc) is 2.69. The van der Waals surface area contributed by atoms with Gasteiger partial charge in [-0.3, -0.25) is 0 Å². The number of benzene rings is 3. The predicted octanol–water partition coefficient (Wildman–Crippen LogP) is 7.29. The molecule has 0 aliphatic rings. The first-order valence-electron chi connectivity index (χ1n) is 9.76. The first-order chi connectivity index (χ1) is 13.2. The van der Waals surface area contributed by atoms with E-state index in [0.29, 0.717) is 11.5 Å². The van der Waals surface area contributed by atoms with E-state index in [1.165, 1.54) is 11.1 Å². The summed E-state index contributed by atoms with van der Waals surface area (Å²) in [4.78, 5) is 0. The van der Waals surface area contributed by atoms with Crippen molar-refractivity contribution in [1.29, 1.82) is 0 Å². The molecule has 3 aromatic carbocycles. The third kappa shape index (κ3) is 5.40. The van der Waals surface area contributed by atoms with Crippen LogP contribution in [0.25, 0.3) is 12.2 Å². The van der Waals surface area contributed by atoms with Gasteiger partial charge in [0.05, 0.1) is 0 Å². The third-order valence-corrected chi connectivity index (χ3v) is 4.95. The molecule has 0 radical (unpaired) electrons. The van der Waals surface area contributed by atoms with Crippen LogP contribution in [0.1, 0.15) is 54.0 Å². The molecular formula is C26H27F. The fourth-order valence-corrected chi connectivity index (χ4v) is 3.35. The summed E-state index contributed by atoms with van der Waals surface area (Å²) < 4.78 is 14.2. The van der Waals surface area contributed by atoms with Crippen molar-refractivity contribution in [2.24, 2.45) is 0 Å². The molecule has 0 aliphatic heterocycles. The summed E-state index contributed by atoms with van der Waals surface area (Å²) in [6, 6.07) is 24.7. The quantitative estimate of drug-likeness (QED) is 0.389. The molecule has 0 aliphatic carbocycles. The van der Waals surface area contributed by atoms with E-state index in [2.05, 4.69) is 68.4 Å². The fraction of sp³-hybridized carbons (Fsp3) is 0.231. The van der Waals surface area contributed by atoms with E-state index in [1.807, 2.05) is 24.3 Å². The Morgan fingerprint density at radius 1 is 0.852 bits per heavy atom. The Hall–Kier alpha value is -2.67. The van der Waals surface area contributed by atoms with E-state index < -0.39 is 0 Å². The van der Waals surface area contributed by atoms with Gasteiger partial charge in [-0.05, 0) is 47.1 Å². The fourth-order valence-electron chi connectivity index (χ4n) is 3.35. The lowest BCUT2D eigenvalue weighted by molar-refractivity contribution is 0.622. The lowest BCUT2D eigenvalue weighted by Crippen LogP contribution is -1.98. The molecular weight excluding hydrogens is 331 g/mol. The molecule has 0 heterocycles. The second-order valence-corrected chi connectivity index (χ2v) is 7.20. The Bertz CT molecular complexity index is 876. The van der Waals surface area contributed by atoms with Crippen molar-refractivity contribution in [2.75, 3.05) is 0 Å². The van der Waals surface area contributed by atoms with Gasteiger partial charge in [-0.15, -0.1) is 0 Å². The molecule has 0 unspecified atom stereocenters. The lowest BCUT2D eigenvalue weighted by atomic mass is 9.93. The number of rotatable bonds is 7. The third-order valence-electron chi connectivity index (χ3n) is 4.95. The molecule has 1 heteroatoms. The molecule has 138 valence electrons. The maximum Gasteiger partial charge on any atom is 0.130 e. The monoisotopic (exact) mass is 358 g/mol. The van der Waals surface area contributed by atoms with Crippen LogP contribution in [0.4, 0.5) is 4.39 Å². The van der Waals surface area contributed by atoms with Crippen LogP contribution in [0.15, 0.2) is 72.8 Å². The molecule has 0 saturated heterocycles. The number of hydrogen-bond donors (Lipinski definition) is 0. The van der Waals surface area contributed by atoms with Crippen LogP contribution < -0.4 is 0 Å². The van der Waals surface area contributed by atoms with Gasteiger partial charge in [0.25, 0.3) is 0 Å². The zero-order valence-electron chi connectivity index (χ0n) is 16.2. The number of halogens is 1. The first-order valence-corrected chi connectivity index (χ1v) is 9.76. The van der Waals surface area contributed by atoms with Crippen molar-refractivity contribution < 1.29 is 4.39 Å². The van der Waals surface area contributed by atoms with E-state index in [0.717, 1.165) is 30.4 Å². The largest absolute Gasteiger partial charge is 0.206 e. The van der Waals surface area contributed by atoms with Gasteiger partial charge in [0, 0.05) is 5.56 Å². The van der Waals surface area contributed by atoms with Gasteiger partial charge in [-0.25, -0.2) is 4.39 Å². The summed E-state index contributed by atoms with van der Waals surface area (Å²) in [7, 11) is 0.